The first-order valence-electron chi connectivity index (χ1n) is 4.53. The molecule has 0 bridgehead atoms. The number of carboxylic acids is 1. The van der Waals surface area contributed by atoms with E-state index in [1.54, 1.807) is 24.3 Å². The minimum atomic E-state index is -1.46. The van der Waals surface area contributed by atoms with Crippen molar-refractivity contribution in [1.82, 2.24) is 5.32 Å². The number of carboxylic acid groups (broad SMARTS) is 1. The summed E-state index contributed by atoms with van der Waals surface area (Å²) in [4.78, 5) is 21.5. The Kier molecular flexibility index (Phi) is 5.06. The van der Waals surface area contributed by atoms with Crippen molar-refractivity contribution in [2.45, 2.75) is 5.50 Å². The number of rotatable bonds is 5. The highest BCUT2D eigenvalue weighted by atomic mass is 35.5. The fraction of sp³-hybridized carbons (Fsp3) is 0.200. The van der Waals surface area contributed by atoms with Gasteiger partial charge in [0.25, 0.3) is 5.91 Å². The fourth-order valence-electron chi connectivity index (χ4n) is 0.924. The molecule has 0 aromatic heterocycles. The number of aliphatic carboxylic acids is 1. The number of alkyl halides is 1. The molecule has 0 radical (unpaired) electrons. The summed E-state index contributed by atoms with van der Waals surface area (Å²) >= 11 is 11.0. The van der Waals surface area contributed by atoms with E-state index in [2.05, 4.69) is 0 Å². The van der Waals surface area contributed by atoms with Crippen LogP contribution in [0.3, 0.4) is 0 Å². The van der Waals surface area contributed by atoms with Crippen molar-refractivity contribution in [1.29, 1.82) is 0 Å². The molecule has 0 heterocycles. The molecule has 1 amide bonds. The molecule has 0 aliphatic carbocycles. The first-order chi connectivity index (χ1) is 7.99. The summed E-state index contributed by atoms with van der Waals surface area (Å²) < 4.78 is 5.08. The largest absolute Gasteiger partial charge is 0.484 e. The van der Waals surface area contributed by atoms with E-state index in [9.17, 15) is 9.59 Å². The van der Waals surface area contributed by atoms with Crippen LogP contribution in [-0.2, 0) is 9.59 Å². The maximum atomic E-state index is 11.2. The highest BCUT2D eigenvalue weighted by Crippen LogP contribution is 2.15. The summed E-state index contributed by atoms with van der Waals surface area (Å²) in [5.41, 5.74) is -1.46. The van der Waals surface area contributed by atoms with E-state index >= 15 is 0 Å². The van der Waals surface area contributed by atoms with Crippen LogP contribution in [0.15, 0.2) is 24.3 Å². The monoisotopic (exact) mass is 277 g/mol. The Labute approximate surface area is 107 Å². The quantitative estimate of drug-likeness (QED) is 0.632. The lowest BCUT2D eigenvalue weighted by atomic mass is 10.3. The Morgan fingerprint density at radius 3 is 2.47 bits per heavy atom. The van der Waals surface area contributed by atoms with E-state index in [4.69, 9.17) is 33.0 Å². The molecule has 1 aromatic carbocycles. The second-order valence-electron chi connectivity index (χ2n) is 3.01. The van der Waals surface area contributed by atoms with Crippen LogP contribution in [0, 0.1) is 0 Å². The van der Waals surface area contributed by atoms with Crippen molar-refractivity contribution < 1.29 is 19.4 Å². The van der Waals surface area contributed by atoms with Crippen LogP contribution in [0.1, 0.15) is 0 Å². The van der Waals surface area contributed by atoms with Crippen molar-refractivity contribution in [2.75, 3.05) is 6.61 Å². The Morgan fingerprint density at radius 2 is 1.94 bits per heavy atom. The zero-order valence-electron chi connectivity index (χ0n) is 8.52. The molecular weight excluding hydrogens is 269 g/mol. The van der Waals surface area contributed by atoms with Gasteiger partial charge < -0.3 is 15.2 Å². The number of amides is 1. The zero-order valence-corrected chi connectivity index (χ0v) is 10.0. The van der Waals surface area contributed by atoms with Crippen molar-refractivity contribution in [3.8, 4) is 5.75 Å². The molecule has 5 nitrogen and oxygen atoms in total. The van der Waals surface area contributed by atoms with Gasteiger partial charge >= 0.3 is 5.97 Å². The Morgan fingerprint density at radius 1 is 1.35 bits per heavy atom. The van der Waals surface area contributed by atoms with Crippen molar-refractivity contribution in [3.05, 3.63) is 29.3 Å². The Hall–Kier alpha value is -1.46. The molecule has 0 saturated carbocycles. The first kappa shape index (κ1) is 13.6. The van der Waals surface area contributed by atoms with Gasteiger partial charge in [0, 0.05) is 5.02 Å². The Balaban J connectivity index is 2.38. The molecule has 0 saturated heterocycles. The summed E-state index contributed by atoms with van der Waals surface area (Å²) in [6, 6.07) is 6.39. The predicted octanol–water partition coefficient (Wildman–Crippen LogP) is 1.48. The van der Waals surface area contributed by atoms with E-state index in [1.807, 2.05) is 5.32 Å². The van der Waals surface area contributed by atoms with Gasteiger partial charge in [0.1, 0.15) is 5.75 Å². The molecule has 17 heavy (non-hydrogen) atoms. The molecule has 7 heteroatoms. The fourth-order valence-corrected chi connectivity index (χ4v) is 1.17. The van der Waals surface area contributed by atoms with Crippen molar-refractivity contribution in [2.24, 2.45) is 0 Å². The van der Waals surface area contributed by atoms with Gasteiger partial charge in [-0.2, -0.15) is 0 Å². The number of hydrogen-bond acceptors (Lipinski definition) is 3. The number of carbonyl (C=O) groups excluding carboxylic acids is 1. The van der Waals surface area contributed by atoms with Crippen molar-refractivity contribution >= 4 is 35.1 Å². The van der Waals surface area contributed by atoms with Gasteiger partial charge in [-0.05, 0) is 24.3 Å². The average Bonchev–Trinajstić information content (AvgIpc) is 2.28. The second kappa shape index (κ2) is 6.32. The summed E-state index contributed by atoms with van der Waals surface area (Å²) in [6.45, 7) is -0.321. The first-order valence-corrected chi connectivity index (χ1v) is 5.35. The van der Waals surface area contributed by atoms with Gasteiger partial charge in [-0.1, -0.05) is 23.2 Å². The van der Waals surface area contributed by atoms with Gasteiger partial charge in [0.05, 0.1) is 0 Å². The van der Waals surface area contributed by atoms with Crippen LogP contribution < -0.4 is 10.1 Å². The Bertz CT molecular complexity index is 407. The third-order valence-electron chi connectivity index (χ3n) is 1.69. The molecule has 0 aliphatic rings. The van der Waals surface area contributed by atoms with E-state index in [1.165, 1.54) is 0 Å². The summed E-state index contributed by atoms with van der Waals surface area (Å²) in [5, 5.41) is 11.0. The van der Waals surface area contributed by atoms with E-state index in [-0.39, 0.29) is 6.61 Å². The van der Waals surface area contributed by atoms with Crippen LogP contribution in [0.4, 0.5) is 0 Å². The minimum absolute atomic E-state index is 0.321. The van der Waals surface area contributed by atoms with Crippen LogP contribution in [0.5, 0.6) is 5.75 Å². The van der Waals surface area contributed by atoms with Gasteiger partial charge in [-0.3, -0.25) is 4.79 Å². The number of carbonyl (C=O) groups is 2. The van der Waals surface area contributed by atoms with Crippen LogP contribution in [-0.4, -0.2) is 29.1 Å². The molecule has 2 N–H and O–H groups in total. The highest BCUT2D eigenvalue weighted by molar-refractivity contribution is 6.30. The number of halogens is 2. The SMILES string of the molecule is O=C(COc1ccc(Cl)cc1)NC(Cl)C(=O)O. The molecule has 1 aromatic rings. The summed E-state index contributed by atoms with van der Waals surface area (Å²) in [6.07, 6.45) is 0. The number of benzene rings is 1. The van der Waals surface area contributed by atoms with Gasteiger partial charge in [0.15, 0.2) is 6.61 Å². The third-order valence-corrected chi connectivity index (χ3v) is 2.24. The lowest BCUT2D eigenvalue weighted by Gasteiger charge is -2.08. The standard InChI is InChI=1S/C10H9Cl2NO4/c11-6-1-3-7(4-2-6)17-5-8(14)13-9(12)10(15)16/h1-4,9H,5H2,(H,13,14)(H,15,16). The van der Waals surface area contributed by atoms with Gasteiger partial charge in [-0.15, -0.1) is 0 Å². The smallest absolute Gasteiger partial charge is 0.341 e. The van der Waals surface area contributed by atoms with E-state index < -0.39 is 17.4 Å². The maximum Gasteiger partial charge on any atom is 0.341 e. The molecule has 1 atom stereocenters. The van der Waals surface area contributed by atoms with Crippen LogP contribution in [0.2, 0.25) is 5.02 Å². The molecule has 92 valence electrons. The second-order valence-corrected chi connectivity index (χ2v) is 3.88. The number of hydrogen-bond donors (Lipinski definition) is 2. The van der Waals surface area contributed by atoms with Gasteiger partial charge in [0.2, 0.25) is 5.50 Å². The van der Waals surface area contributed by atoms with Crippen molar-refractivity contribution in [3.63, 3.8) is 0 Å². The lowest BCUT2D eigenvalue weighted by Crippen LogP contribution is -2.39. The lowest BCUT2D eigenvalue weighted by molar-refractivity contribution is -0.139. The maximum absolute atomic E-state index is 11.2. The molecule has 1 unspecified atom stereocenters. The molecular formula is C10H9Cl2NO4. The van der Waals surface area contributed by atoms with E-state index in [0.29, 0.717) is 10.8 Å². The van der Waals surface area contributed by atoms with Gasteiger partial charge in [-0.25, -0.2) is 4.79 Å². The topological polar surface area (TPSA) is 75.6 Å². The molecule has 0 spiro atoms. The third kappa shape index (κ3) is 4.93. The minimum Gasteiger partial charge on any atom is -0.484 e. The zero-order chi connectivity index (χ0) is 12.8. The molecule has 0 aliphatic heterocycles. The number of nitrogens with one attached hydrogen (secondary N) is 1. The average molecular weight is 278 g/mol. The number of ether oxygens (including phenoxy) is 1. The highest BCUT2D eigenvalue weighted by Gasteiger charge is 2.16. The normalized spacial score (nSPS) is 11.6. The summed E-state index contributed by atoms with van der Waals surface area (Å²) in [5.74, 6) is -1.50. The molecule has 0 fully saturated rings. The van der Waals surface area contributed by atoms with Crippen LogP contribution >= 0.6 is 23.2 Å². The van der Waals surface area contributed by atoms with E-state index in [0.717, 1.165) is 0 Å². The predicted molar refractivity (Wildman–Crippen MR) is 62.4 cm³/mol. The molecule has 1 rings (SSSR count). The summed E-state index contributed by atoms with van der Waals surface area (Å²) in [7, 11) is 0. The van der Waals surface area contributed by atoms with Crippen LogP contribution in [0.25, 0.3) is 0 Å².